The van der Waals surface area contributed by atoms with Gasteiger partial charge in [-0.15, -0.1) is 0 Å². The molecule has 7 heteroatoms. The Balaban J connectivity index is 1.46. The van der Waals surface area contributed by atoms with Gasteiger partial charge in [0, 0.05) is 26.2 Å². The van der Waals surface area contributed by atoms with E-state index < -0.39 is 16.1 Å². The van der Waals surface area contributed by atoms with E-state index in [4.69, 9.17) is 0 Å². The Bertz CT molecular complexity index is 799. The minimum absolute atomic E-state index is 0.164. The molecule has 3 atom stereocenters. The molecule has 2 unspecified atom stereocenters. The van der Waals surface area contributed by atoms with Gasteiger partial charge in [-0.2, -0.15) is 4.31 Å². The van der Waals surface area contributed by atoms with Gasteiger partial charge >= 0.3 is 0 Å². The van der Waals surface area contributed by atoms with Crippen molar-refractivity contribution in [3.05, 3.63) is 29.8 Å². The number of hydrogen-bond donors (Lipinski definition) is 1. The molecule has 6 nitrogen and oxygen atoms in total. The fourth-order valence-electron chi connectivity index (χ4n) is 4.90. The van der Waals surface area contributed by atoms with Gasteiger partial charge in [0.15, 0.2) is 0 Å². The van der Waals surface area contributed by atoms with Crippen LogP contribution in [-0.2, 0) is 14.8 Å². The summed E-state index contributed by atoms with van der Waals surface area (Å²) in [5.74, 6) is 1.36. The largest absolute Gasteiger partial charge is 0.355 e. The van der Waals surface area contributed by atoms with Gasteiger partial charge in [-0.05, 0) is 69.5 Å². The predicted molar refractivity (Wildman–Crippen MR) is 120 cm³/mol. The normalized spacial score (nSPS) is 26.0. The van der Waals surface area contributed by atoms with Gasteiger partial charge in [-0.1, -0.05) is 31.5 Å². The highest BCUT2D eigenvalue weighted by Crippen LogP contribution is 2.26. The number of likely N-dealkylation sites (tertiary alicyclic amines) is 1. The van der Waals surface area contributed by atoms with Crippen LogP contribution in [-0.4, -0.2) is 62.3 Å². The van der Waals surface area contributed by atoms with Gasteiger partial charge in [0.05, 0.1) is 4.90 Å². The van der Waals surface area contributed by atoms with Crippen LogP contribution >= 0.6 is 0 Å². The van der Waals surface area contributed by atoms with E-state index in [2.05, 4.69) is 24.1 Å². The van der Waals surface area contributed by atoms with Gasteiger partial charge in [-0.25, -0.2) is 8.42 Å². The average molecular weight is 436 g/mol. The zero-order valence-corrected chi connectivity index (χ0v) is 19.5. The number of nitrogens with one attached hydrogen (secondary N) is 1. The molecule has 2 fully saturated rings. The molecule has 0 spiro atoms. The highest BCUT2D eigenvalue weighted by molar-refractivity contribution is 7.89. The molecule has 3 rings (SSSR count). The van der Waals surface area contributed by atoms with E-state index in [0.717, 1.165) is 36.8 Å². The third-order valence-electron chi connectivity index (χ3n) is 6.28. The molecular weight excluding hydrogens is 398 g/mol. The number of aryl methyl sites for hydroxylation is 1. The van der Waals surface area contributed by atoms with E-state index in [9.17, 15) is 13.2 Å². The highest BCUT2D eigenvalue weighted by atomic mass is 32.2. The highest BCUT2D eigenvalue weighted by Gasteiger charge is 2.39. The van der Waals surface area contributed by atoms with Crippen LogP contribution in [0.2, 0.25) is 0 Å². The fraction of sp³-hybridized carbons (Fsp3) is 0.696. The van der Waals surface area contributed by atoms with Crippen molar-refractivity contribution in [2.75, 3.05) is 32.7 Å². The van der Waals surface area contributed by atoms with Crippen molar-refractivity contribution < 1.29 is 13.2 Å². The standard InChI is InChI=1S/C23H37N3O3S/c1-18-8-10-21(11-9-18)30(28,29)26-14-6-7-22(26)23(27)24-12-4-5-13-25-16-19(2)15-20(3)17-25/h8-11,19-20,22H,4-7,12-17H2,1-3H3,(H,24,27)/t19?,20?,22-/m0/s1. The summed E-state index contributed by atoms with van der Waals surface area (Å²) in [5.41, 5.74) is 1.01. The van der Waals surface area contributed by atoms with E-state index in [1.807, 2.05) is 6.92 Å². The lowest BCUT2D eigenvalue weighted by Gasteiger charge is -2.35. The third kappa shape index (κ3) is 5.83. The zero-order valence-electron chi connectivity index (χ0n) is 18.6. The number of rotatable bonds is 8. The number of sulfonamides is 1. The first-order chi connectivity index (χ1) is 14.3. The summed E-state index contributed by atoms with van der Waals surface area (Å²) in [6.45, 7) is 11.0. The number of carbonyl (C=O) groups excluding carboxylic acids is 1. The first-order valence-corrected chi connectivity index (χ1v) is 12.8. The van der Waals surface area contributed by atoms with E-state index in [1.54, 1.807) is 24.3 Å². The molecule has 0 aliphatic carbocycles. The molecule has 2 heterocycles. The van der Waals surface area contributed by atoms with E-state index >= 15 is 0 Å². The second-order valence-electron chi connectivity index (χ2n) is 9.29. The molecule has 168 valence electrons. The molecule has 2 saturated heterocycles. The molecule has 1 N–H and O–H groups in total. The van der Waals surface area contributed by atoms with Crippen LogP contribution in [0.25, 0.3) is 0 Å². The SMILES string of the molecule is Cc1ccc(S(=O)(=O)N2CCC[C@H]2C(=O)NCCCCN2CC(C)CC(C)C2)cc1. The lowest BCUT2D eigenvalue weighted by atomic mass is 9.92. The molecule has 0 saturated carbocycles. The van der Waals surface area contributed by atoms with Crippen LogP contribution in [0.1, 0.15) is 51.5 Å². The Morgan fingerprint density at radius 1 is 1.10 bits per heavy atom. The van der Waals surface area contributed by atoms with E-state index in [1.165, 1.54) is 23.8 Å². The van der Waals surface area contributed by atoms with Gasteiger partial charge in [-0.3, -0.25) is 4.79 Å². The van der Waals surface area contributed by atoms with Crippen LogP contribution in [0.4, 0.5) is 0 Å². The fourth-order valence-corrected chi connectivity index (χ4v) is 6.56. The average Bonchev–Trinajstić information content (AvgIpc) is 3.18. The van der Waals surface area contributed by atoms with Crippen LogP contribution < -0.4 is 5.32 Å². The zero-order chi connectivity index (χ0) is 21.7. The Morgan fingerprint density at radius 3 is 2.43 bits per heavy atom. The maximum absolute atomic E-state index is 13.0. The van der Waals surface area contributed by atoms with Gasteiger partial charge in [0.25, 0.3) is 0 Å². The first-order valence-electron chi connectivity index (χ1n) is 11.4. The number of benzene rings is 1. The lowest BCUT2D eigenvalue weighted by molar-refractivity contribution is -0.124. The number of nitrogens with zero attached hydrogens (tertiary/aromatic N) is 2. The number of amides is 1. The summed E-state index contributed by atoms with van der Waals surface area (Å²) in [4.78, 5) is 15.5. The Labute approximate surface area is 182 Å². The lowest BCUT2D eigenvalue weighted by Crippen LogP contribution is -2.46. The maximum atomic E-state index is 13.0. The van der Waals surface area contributed by atoms with Crippen LogP contribution in [0, 0.1) is 18.8 Å². The van der Waals surface area contributed by atoms with Crippen LogP contribution in [0.3, 0.4) is 0 Å². The summed E-state index contributed by atoms with van der Waals surface area (Å²) in [5, 5.41) is 2.98. The Kier molecular flexibility index (Phi) is 7.93. The topological polar surface area (TPSA) is 69.7 Å². The predicted octanol–water partition coefficient (Wildman–Crippen LogP) is 3.02. The van der Waals surface area contributed by atoms with Crippen LogP contribution in [0.5, 0.6) is 0 Å². The number of carbonyl (C=O) groups is 1. The van der Waals surface area contributed by atoms with Crippen molar-refractivity contribution in [2.24, 2.45) is 11.8 Å². The second kappa shape index (κ2) is 10.2. The molecule has 30 heavy (non-hydrogen) atoms. The molecule has 1 aromatic rings. The Morgan fingerprint density at radius 2 is 1.77 bits per heavy atom. The Hall–Kier alpha value is -1.44. The quantitative estimate of drug-likeness (QED) is 0.637. The van der Waals surface area contributed by atoms with E-state index in [-0.39, 0.29) is 10.8 Å². The summed E-state index contributed by atoms with van der Waals surface area (Å²) in [6, 6.07) is 6.24. The molecule has 2 aliphatic heterocycles. The van der Waals surface area contributed by atoms with Gasteiger partial charge in [0.1, 0.15) is 6.04 Å². The number of piperidine rings is 1. The molecular formula is C23H37N3O3S. The number of unbranched alkanes of at least 4 members (excludes halogenated alkanes) is 1. The van der Waals surface area contributed by atoms with Crippen molar-refractivity contribution >= 4 is 15.9 Å². The summed E-state index contributed by atoms with van der Waals surface area (Å²) < 4.78 is 27.4. The van der Waals surface area contributed by atoms with Crippen LogP contribution in [0.15, 0.2) is 29.2 Å². The van der Waals surface area contributed by atoms with Crippen molar-refractivity contribution in [3.63, 3.8) is 0 Å². The molecule has 0 bridgehead atoms. The van der Waals surface area contributed by atoms with Gasteiger partial charge < -0.3 is 10.2 Å². The third-order valence-corrected chi connectivity index (χ3v) is 8.20. The number of hydrogen-bond acceptors (Lipinski definition) is 4. The summed E-state index contributed by atoms with van der Waals surface area (Å²) >= 11 is 0. The molecule has 0 radical (unpaired) electrons. The van der Waals surface area contributed by atoms with Gasteiger partial charge in [0.2, 0.25) is 15.9 Å². The minimum Gasteiger partial charge on any atom is -0.355 e. The molecule has 2 aliphatic rings. The van der Waals surface area contributed by atoms with Crippen molar-refractivity contribution in [3.8, 4) is 0 Å². The summed E-state index contributed by atoms with van der Waals surface area (Å²) in [7, 11) is -3.64. The first kappa shape index (κ1) is 23.2. The second-order valence-corrected chi connectivity index (χ2v) is 11.2. The monoisotopic (exact) mass is 435 g/mol. The van der Waals surface area contributed by atoms with Crippen molar-refractivity contribution in [1.29, 1.82) is 0 Å². The summed E-state index contributed by atoms with van der Waals surface area (Å²) in [6.07, 6.45) is 4.59. The molecule has 0 aromatic heterocycles. The minimum atomic E-state index is -3.64. The molecule has 1 aromatic carbocycles. The maximum Gasteiger partial charge on any atom is 0.243 e. The smallest absolute Gasteiger partial charge is 0.243 e. The van der Waals surface area contributed by atoms with Crippen molar-refractivity contribution in [2.45, 2.75) is 63.8 Å². The molecule has 1 amide bonds. The van der Waals surface area contributed by atoms with E-state index in [0.29, 0.717) is 25.9 Å². The van der Waals surface area contributed by atoms with Crippen molar-refractivity contribution in [1.82, 2.24) is 14.5 Å².